The van der Waals surface area contributed by atoms with Crippen molar-refractivity contribution in [2.45, 2.75) is 31.2 Å². The third-order valence-corrected chi connectivity index (χ3v) is 5.12. The Morgan fingerprint density at radius 3 is 2.14 bits per heavy atom. The number of benzene rings is 1. The van der Waals surface area contributed by atoms with Crippen LogP contribution in [0, 0.1) is 0 Å². The van der Waals surface area contributed by atoms with Crippen LogP contribution in [0.15, 0.2) is 29.2 Å². The lowest BCUT2D eigenvalue weighted by atomic mass is 10.1. The molecule has 0 amide bonds. The second kappa shape index (κ2) is 6.91. The second-order valence-electron chi connectivity index (χ2n) is 5.01. The predicted molar refractivity (Wildman–Crippen MR) is 82.0 cm³/mol. The fourth-order valence-corrected chi connectivity index (χ4v) is 3.03. The van der Waals surface area contributed by atoms with Gasteiger partial charge in [-0.05, 0) is 38.1 Å². The van der Waals surface area contributed by atoms with Crippen LogP contribution in [0.25, 0.3) is 0 Å². The molecular formula is C14H22N2O4S. The molecule has 0 aliphatic rings. The van der Waals surface area contributed by atoms with Gasteiger partial charge in [-0.25, -0.2) is 12.7 Å². The molecule has 1 aromatic rings. The van der Waals surface area contributed by atoms with Crippen molar-refractivity contribution in [2.75, 3.05) is 25.5 Å². The highest BCUT2D eigenvalue weighted by atomic mass is 32.2. The van der Waals surface area contributed by atoms with Gasteiger partial charge in [0.1, 0.15) is 0 Å². The number of hydrogen-bond acceptors (Lipinski definition) is 4. The Bertz CT molecular complexity index is 581. The van der Waals surface area contributed by atoms with E-state index in [9.17, 15) is 13.2 Å². The fourth-order valence-electron chi connectivity index (χ4n) is 2.13. The molecule has 0 fully saturated rings. The number of nitrogens with zero attached hydrogens (tertiary/aromatic N) is 2. The van der Waals surface area contributed by atoms with Crippen LogP contribution in [0.3, 0.4) is 0 Å². The zero-order valence-electron chi connectivity index (χ0n) is 12.8. The molecule has 1 N–H and O–H groups in total. The standard InChI is InChI=1S/C14H22N2O4S/c1-5-16(11(2)10-14(17)18)12-6-8-13(9-7-12)21(19,20)15(3)4/h6-9,11H,5,10H2,1-4H3,(H,17,18). The van der Waals surface area contributed by atoms with Gasteiger partial charge in [-0.3, -0.25) is 4.79 Å². The van der Waals surface area contributed by atoms with Crippen molar-refractivity contribution in [2.24, 2.45) is 0 Å². The monoisotopic (exact) mass is 314 g/mol. The maximum absolute atomic E-state index is 12.0. The van der Waals surface area contributed by atoms with Gasteiger partial charge in [-0.1, -0.05) is 0 Å². The minimum absolute atomic E-state index is 0.0333. The van der Waals surface area contributed by atoms with E-state index in [-0.39, 0.29) is 17.4 Å². The van der Waals surface area contributed by atoms with Gasteiger partial charge in [0.25, 0.3) is 0 Å². The first kappa shape index (κ1) is 17.5. The van der Waals surface area contributed by atoms with Gasteiger partial charge >= 0.3 is 5.97 Å². The summed E-state index contributed by atoms with van der Waals surface area (Å²) in [6, 6.07) is 6.33. The van der Waals surface area contributed by atoms with Crippen molar-refractivity contribution in [3.05, 3.63) is 24.3 Å². The molecule has 0 aliphatic heterocycles. The molecule has 0 radical (unpaired) electrons. The van der Waals surface area contributed by atoms with Crippen molar-refractivity contribution < 1.29 is 18.3 Å². The number of rotatable bonds is 7. The van der Waals surface area contributed by atoms with Gasteiger partial charge in [0.2, 0.25) is 10.0 Å². The molecule has 7 heteroatoms. The van der Waals surface area contributed by atoms with E-state index in [1.165, 1.54) is 14.1 Å². The largest absolute Gasteiger partial charge is 0.481 e. The summed E-state index contributed by atoms with van der Waals surface area (Å²) in [6.07, 6.45) is 0.0333. The van der Waals surface area contributed by atoms with Crippen LogP contribution >= 0.6 is 0 Å². The molecule has 21 heavy (non-hydrogen) atoms. The van der Waals surface area contributed by atoms with Crippen molar-refractivity contribution in [1.82, 2.24) is 4.31 Å². The first-order valence-electron chi connectivity index (χ1n) is 6.71. The van der Waals surface area contributed by atoms with Gasteiger partial charge in [0.05, 0.1) is 11.3 Å². The number of carbonyl (C=O) groups is 1. The van der Waals surface area contributed by atoms with E-state index >= 15 is 0 Å². The number of carboxylic acids is 1. The smallest absolute Gasteiger partial charge is 0.305 e. The normalized spacial score (nSPS) is 13.2. The minimum Gasteiger partial charge on any atom is -0.481 e. The summed E-state index contributed by atoms with van der Waals surface area (Å²) < 4.78 is 25.2. The first-order valence-corrected chi connectivity index (χ1v) is 8.15. The van der Waals surface area contributed by atoms with Gasteiger partial charge in [-0.15, -0.1) is 0 Å². The molecule has 1 atom stereocenters. The minimum atomic E-state index is -3.44. The maximum Gasteiger partial charge on any atom is 0.305 e. The van der Waals surface area contributed by atoms with Gasteiger partial charge in [-0.2, -0.15) is 0 Å². The molecule has 0 aliphatic carbocycles. The molecule has 0 saturated heterocycles. The number of anilines is 1. The Balaban J connectivity index is 3.02. The van der Waals surface area contributed by atoms with Crippen LogP contribution < -0.4 is 4.90 Å². The van der Waals surface area contributed by atoms with Crippen LogP contribution in [-0.2, 0) is 14.8 Å². The van der Waals surface area contributed by atoms with Crippen LogP contribution in [0.1, 0.15) is 20.3 Å². The molecule has 6 nitrogen and oxygen atoms in total. The second-order valence-corrected chi connectivity index (χ2v) is 7.17. The van der Waals surface area contributed by atoms with E-state index in [1.807, 2.05) is 18.7 Å². The summed E-state index contributed by atoms with van der Waals surface area (Å²) in [6.45, 7) is 4.42. The molecule has 0 spiro atoms. The maximum atomic E-state index is 12.0. The molecule has 0 saturated carbocycles. The molecule has 0 heterocycles. The Hall–Kier alpha value is -1.60. The summed E-state index contributed by atoms with van der Waals surface area (Å²) in [5.41, 5.74) is 0.809. The highest BCUT2D eigenvalue weighted by Crippen LogP contribution is 2.22. The summed E-state index contributed by atoms with van der Waals surface area (Å²) in [7, 11) is -0.479. The summed E-state index contributed by atoms with van der Waals surface area (Å²) >= 11 is 0. The van der Waals surface area contributed by atoms with E-state index in [1.54, 1.807) is 24.3 Å². The third kappa shape index (κ3) is 4.18. The summed E-state index contributed by atoms with van der Waals surface area (Å²) in [5, 5.41) is 8.88. The number of sulfonamides is 1. The molecule has 0 bridgehead atoms. The summed E-state index contributed by atoms with van der Waals surface area (Å²) in [4.78, 5) is 13.0. The number of aliphatic carboxylic acids is 1. The lowest BCUT2D eigenvalue weighted by Gasteiger charge is -2.29. The van der Waals surface area contributed by atoms with Gasteiger partial charge in [0, 0.05) is 32.4 Å². The zero-order chi connectivity index (χ0) is 16.2. The molecule has 1 rings (SSSR count). The topological polar surface area (TPSA) is 77.9 Å². The number of hydrogen-bond donors (Lipinski definition) is 1. The van der Waals surface area contributed by atoms with E-state index < -0.39 is 16.0 Å². The van der Waals surface area contributed by atoms with Gasteiger partial charge in [0.15, 0.2) is 0 Å². The van der Waals surface area contributed by atoms with E-state index in [0.29, 0.717) is 6.54 Å². The third-order valence-electron chi connectivity index (χ3n) is 3.29. The van der Waals surface area contributed by atoms with Gasteiger partial charge < -0.3 is 10.0 Å². The average Bonchev–Trinajstić information content (AvgIpc) is 2.39. The molecule has 1 aromatic carbocycles. The lowest BCUT2D eigenvalue weighted by Crippen LogP contribution is -2.34. The Kier molecular flexibility index (Phi) is 5.74. The quantitative estimate of drug-likeness (QED) is 0.827. The van der Waals surface area contributed by atoms with Crippen LogP contribution in [0.4, 0.5) is 5.69 Å². The highest BCUT2D eigenvalue weighted by molar-refractivity contribution is 7.89. The van der Waals surface area contributed by atoms with Crippen molar-refractivity contribution in [3.8, 4) is 0 Å². The predicted octanol–water partition coefficient (Wildman–Crippen LogP) is 1.63. The van der Waals surface area contributed by atoms with Crippen molar-refractivity contribution >= 4 is 21.7 Å². The van der Waals surface area contributed by atoms with E-state index in [2.05, 4.69) is 0 Å². The van der Waals surface area contributed by atoms with Crippen LogP contribution in [0.2, 0.25) is 0 Å². The highest BCUT2D eigenvalue weighted by Gasteiger charge is 2.19. The Labute approximate surface area is 126 Å². The lowest BCUT2D eigenvalue weighted by molar-refractivity contribution is -0.137. The molecular weight excluding hydrogens is 292 g/mol. The molecule has 1 unspecified atom stereocenters. The Morgan fingerprint density at radius 1 is 1.24 bits per heavy atom. The van der Waals surface area contributed by atoms with E-state index in [0.717, 1.165) is 9.99 Å². The first-order chi connectivity index (χ1) is 9.70. The van der Waals surface area contributed by atoms with Crippen molar-refractivity contribution in [1.29, 1.82) is 0 Å². The number of carboxylic acid groups (broad SMARTS) is 1. The molecule has 118 valence electrons. The Morgan fingerprint density at radius 2 is 1.76 bits per heavy atom. The van der Waals surface area contributed by atoms with Crippen LogP contribution in [0.5, 0.6) is 0 Å². The zero-order valence-corrected chi connectivity index (χ0v) is 13.6. The SMILES string of the molecule is CCN(c1ccc(S(=O)(=O)N(C)C)cc1)C(C)CC(=O)O. The van der Waals surface area contributed by atoms with E-state index in [4.69, 9.17) is 5.11 Å². The van der Waals surface area contributed by atoms with Crippen molar-refractivity contribution in [3.63, 3.8) is 0 Å². The average molecular weight is 314 g/mol. The van der Waals surface area contributed by atoms with Crippen LogP contribution in [-0.4, -0.2) is 50.5 Å². The molecule has 0 aromatic heterocycles. The summed E-state index contributed by atoms with van der Waals surface area (Å²) in [5.74, 6) is -0.854. The fraction of sp³-hybridized carbons (Fsp3) is 0.500.